The number of carbonyl (C=O) groups excluding carboxylic acids is 1. The van der Waals surface area contributed by atoms with Gasteiger partial charge in [-0.25, -0.2) is 4.39 Å². The Morgan fingerprint density at radius 2 is 1.81 bits per heavy atom. The van der Waals surface area contributed by atoms with E-state index < -0.39 is 0 Å². The number of hydrogen-bond donors (Lipinski definition) is 1. The van der Waals surface area contributed by atoms with Crippen LogP contribution in [0, 0.1) is 5.82 Å². The number of para-hydroxylation sites is 1. The first-order valence-corrected chi connectivity index (χ1v) is 8.92. The van der Waals surface area contributed by atoms with Crippen LogP contribution in [-0.4, -0.2) is 40.3 Å². The van der Waals surface area contributed by atoms with Crippen molar-refractivity contribution in [3.8, 4) is 11.5 Å². The Morgan fingerprint density at radius 3 is 2.38 bits per heavy atom. The molecule has 5 nitrogen and oxygen atoms in total. The Bertz CT molecular complexity index is 745. The largest absolute Gasteiger partial charge is 0.495 e. The van der Waals surface area contributed by atoms with Crippen molar-refractivity contribution in [1.82, 2.24) is 5.32 Å². The van der Waals surface area contributed by atoms with E-state index in [0.717, 1.165) is 0 Å². The van der Waals surface area contributed by atoms with Crippen LogP contribution in [0.1, 0.15) is 16.8 Å². The predicted molar refractivity (Wildman–Crippen MR) is 104 cm³/mol. The van der Waals surface area contributed by atoms with E-state index in [1.807, 2.05) is 11.9 Å². The number of ether oxygens (including phenoxy) is 2. The van der Waals surface area contributed by atoms with Gasteiger partial charge in [0.15, 0.2) is 0 Å². The highest BCUT2D eigenvalue weighted by Crippen LogP contribution is 2.35. The van der Waals surface area contributed by atoms with E-state index in [1.54, 1.807) is 30.3 Å². The Morgan fingerprint density at radius 1 is 1.19 bits per heavy atom. The van der Waals surface area contributed by atoms with Crippen LogP contribution in [-0.2, 0) is 0 Å². The van der Waals surface area contributed by atoms with Gasteiger partial charge in [0.1, 0.15) is 21.8 Å². The summed E-state index contributed by atoms with van der Waals surface area (Å²) in [6.07, 6.45) is 0.682. The number of amides is 1. The van der Waals surface area contributed by atoms with Gasteiger partial charge in [-0.1, -0.05) is 12.1 Å². The molecule has 0 bridgehead atoms. The van der Waals surface area contributed by atoms with Gasteiger partial charge in [0.2, 0.25) is 0 Å². The van der Waals surface area contributed by atoms with Crippen molar-refractivity contribution in [2.24, 2.45) is 0 Å². The highest BCUT2D eigenvalue weighted by atomic mass is 79.9. The summed E-state index contributed by atoms with van der Waals surface area (Å²) in [4.78, 5) is 14.2. The van der Waals surface area contributed by atoms with Crippen molar-refractivity contribution in [2.45, 2.75) is 6.42 Å². The van der Waals surface area contributed by atoms with Crippen LogP contribution in [0.3, 0.4) is 0 Å². The number of halogens is 2. The summed E-state index contributed by atoms with van der Waals surface area (Å²) in [5, 5.41) is 2.86. The second-order valence-corrected chi connectivity index (χ2v) is 6.47. The maximum Gasteiger partial charge on any atom is 0.251 e. The van der Waals surface area contributed by atoms with E-state index in [4.69, 9.17) is 9.47 Å². The van der Waals surface area contributed by atoms with Crippen LogP contribution in [0.5, 0.6) is 11.5 Å². The van der Waals surface area contributed by atoms with Gasteiger partial charge in [-0.15, -0.1) is 0 Å². The molecular formula is C19H22BrFN2O3. The highest BCUT2D eigenvalue weighted by Gasteiger charge is 2.14. The minimum absolute atomic E-state index is 0.220. The number of nitrogens with one attached hydrogen (secondary N) is 1. The van der Waals surface area contributed by atoms with Gasteiger partial charge in [0, 0.05) is 25.7 Å². The minimum Gasteiger partial charge on any atom is -0.495 e. The zero-order chi connectivity index (χ0) is 19.1. The Hall–Kier alpha value is -2.28. The molecule has 0 aliphatic carbocycles. The molecule has 0 aliphatic rings. The molecule has 0 saturated carbocycles. The smallest absolute Gasteiger partial charge is 0.251 e. The van der Waals surface area contributed by atoms with Crippen molar-refractivity contribution < 1.29 is 18.7 Å². The van der Waals surface area contributed by atoms with Crippen molar-refractivity contribution in [2.75, 3.05) is 39.3 Å². The van der Waals surface area contributed by atoms with E-state index in [2.05, 4.69) is 21.2 Å². The molecule has 0 fully saturated rings. The molecule has 2 aromatic rings. The fraction of sp³-hybridized carbons (Fsp3) is 0.316. The summed E-state index contributed by atoms with van der Waals surface area (Å²) in [6, 6.07) is 9.91. The molecule has 2 aromatic carbocycles. The van der Waals surface area contributed by atoms with E-state index in [-0.39, 0.29) is 11.7 Å². The van der Waals surface area contributed by atoms with Crippen molar-refractivity contribution in [3.63, 3.8) is 0 Å². The topological polar surface area (TPSA) is 50.8 Å². The molecule has 2 rings (SSSR count). The molecular weight excluding hydrogens is 403 g/mol. The van der Waals surface area contributed by atoms with Crippen LogP contribution >= 0.6 is 15.9 Å². The van der Waals surface area contributed by atoms with Gasteiger partial charge in [-0.05, 0) is 46.6 Å². The minimum atomic E-state index is -0.256. The van der Waals surface area contributed by atoms with E-state index >= 15 is 0 Å². The van der Waals surface area contributed by atoms with Crippen molar-refractivity contribution in [1.29, 1.82) is 0 Å². The zero-order valence-corrected chi connectivity index (χ0v) is 16.6. The van der Waals surface area contributed by atoms with Gasteiger partial charge in [0.05, 0.1) is 19.9 Å². The maximum absolute atomic E-state index is 13.7. The third-order valence-electron chi connectivity index (χ3n) is 3.93. The van der Waals surface area contributed by atoms with E-state index in [0.29, 0.717) is 46.7 Å². The molecule has 0 heterocycles. The van der Waals surface area contributed by atoms with Gasteiger partial charge in [0.25, 0.3) is 5.91 Å². The second kappa shape index (κ2) is 9.43. The van der Waals surface area contributed by atoms with Gasteiger partial charge >= 0.3 is 0 Å². The number of benzene rings is 2. The van der Waals surface area contributed by atoms with Crippen molar-refractivity contribution >= 4 is 27.5 Å². The zero-order valence-electron chi connectivity index (χ0n) is 15.0. The van der Waals surface area contributed by atoms with Crippen LogP contribution in [0.2, 0.25) is 0 Å². The number of carbonyl (C=O) groups is 1. The number of hydrogen-bond acceptors (Lipinski definition) is 4. The number of rotatable bonds is 8. The number of methoxy groups -OCH3 is 2. The normalized spacial score (nSPS) is 10.3. The fourth-order valence-electron chi connectivity index (χ4n) is 2.50. The lowest BCUT2D eigenvalue weighted by Crippen LogP contribution is -2.28. The summed E-state index contributed by atoms with van der Waals surface area (Å²) in [7, 11) is 4.88. The van der Waals surface area contributed by atoms with Crippen LogP contribution in [0.15, 0.2) is 40.9 Å². The summed E-state index contributed by atoms with van der Waals surface area (Å²) in [5.74, 6) is 0.568. The molecule has 7 heteroatoms. The fourth-order valence-corrected chi connectivity index (χ4v) is 3.06. The first-order chi connectivity index (χ1) is 12.5. The molecule has 0 unspecified atom stereocenters. The van der Waals surface area contributed by atoms with Crippen LogP contribution < -0.4 is 19.7 Å². The first-order valence-electron chi connectivity index (χ1n) is 8.13. The molecule has 140 valence electrons. The first kappa shape index (κ1) is 20.0. The van der Waals surface area contributed by atoms with Gasteiger partial charge in [-0.2, -0.15) is 0 Å². The lowest BCUT2D eigenvalue weighted by atomic mass is 10.2. The highest BCUT2D eigenvalue weighted by molar-refractivity contribution is 9.10. The molecule has 0 radical (unpaired) electrons. The molecule has 0 aromatic heterocycles. The molecule has 0 aliphatic heterocycles. The predicted octanol–water partition coefficient (Wildman–Crippen LogP) is 3.86. The summed E-state index contributed by atoms with van der Waals surface area (Å²) < 4.78 is 24.9. The van der Waals surface area contributed by atoms with Gasteiger partial charge < -0.3 is 19.7 Å². The monoisotopic (exact) mass is 424 g/mol. The lowest BCUT2D eigenvalue weighted by Gasteiger charge is -2.20. The SMILES string of the molecule is COc1cc(C(=O)NCCCN(C)c2ccccc2F)cc(OC)c1Br. The lowest BCUT2D eigenvalue weighted by molar-refractivity contribution is 0.0952. The average molecular weight is 425 g/mol. The molecule has 1 N–H and O–H groups in total. The second-order valence-electron chi connectivity index (χ2n) is 5.68. The third kappa shape index (κ3) is 4.88. The van der Waals surface area contributed by atoms with Crippen LogP contribution in [0.4, 0.5) is 10.1 Å². The number of anilines is 1. The standard InChI is InChI=1S/C19H22BrFN2O3/c1-23(15-8-5-4-7-14(15)21)10-6-9-22-19(24)13-11-16(25-2)18(20)17(12-13)26-3/h4-5,7-8,11-12H,6,9-10H2,1-3H3,(H,22,24). The molecule has 1 amide bonds. The van der Waals surface area contributed by atoms with Crippen LogP contribution in [0.25, 0.3) is 0 Å². The maximum atomic E-state index is 13.7. The number of nitrogens with zero attached hydrogens (tertiary/aromatic N) is 1. The average Bonchev–Trinajstić information content (AvgIpc) is 2.65. The van der Waals surface area contributed by atoms with E-state index in [1.165, 1.54) is 20.3 Å². The molecule has 26 heavy (non-hydrogen) atoms. The van der Waals surface area contributed by atoms with Gasteiger partial charge in [-0.3, -0.25) is 4.79 Å². The Balaban J connectivity index is 1.90. The van der Waals surface area contributed by atoms with E-state index in [9.17, 15) is 9.18 Å². The quantitative estimate of drug-likeness (QED) is 0.653. The Labute approximate surface area is 161 Å². The summed E-state index contributed by atoms with van der Waals surface area (Å²) in [5.41, 5.74) is 0.991. The molecule has 0 spiro atoms. The van der Waals surface area contributed by atoms with Crippen molar-refractivity contribution in [3.05, 3.63) is 52.3 Å². The summed E-state index contributed by atoms with van der Waals surface area (Å²) in [6.45, 7) is 1.09. The molecule has 0 atom stereocenters. The third-order valence-corrected chi connectivity index (χ3v) is 4.71. The summed E-state index contributed by atoms with van der Waals surface area (Å²) >= 11 is 3.37. The Kier molecular flexibility index (Phi) is 7.26. The molecule has 0 saturated heterocycles.